The van der Waals surface area contributed by atoms with Gasteiger partial charge < -0.3 is 15.0 Å². The summed E-state index contributed by atoms with van der Waals surface area (Å²) in [5.41, 5.74) is 1.69. The fraction of sp³-hybridized carbons (Fsp3) is 0.364. The van der Waals surface area contributed by atoms with E-state index in [0.29, 0.717) is 65.5 Å². The van der Waals surface area contributed by atoms with Crippen molar-refractivity contribution in [3.05, 3.63) is 76.6 Å². The first-order chi connectivity index (χ1) is 21.9. The van der Waals surface area contributed by atoms with Crippen LogP contribution in [0.5, 0.6) is 0 Å². The molecule has 4 aromatic rings. The summed E-state index contributed by atoms with van der Waals surface area (Å²) in [4.78, 5) is 21.8. The van der Waals surface area contributed by atoms with Crippen molar-refractivity contribution in [3.8, 4) is 28.6 Å². The number of aliphatic hydroxyl groups excluding tert-OH is 1. The van der Waals surface area contributed by atoms with Gasteiger partial charge in [-0.05, 0) is 77.1 Å². The van der Waals surface area contributed by atoms with Crippen LogP contribution in [-0.2, 0) is 26.3 Å². The number of aryl methyl sites for hydroxylation is 1. The van der Waals surface area contributed by atoms with Gasteiger partial charge in [0.05, 0.1) is 29.8 Å². The molecule has 6 rings (SSSR count). The molecule has 0 saturated carbocycles. The zero-order chi connectivity index (χ0) is 32.7. The first kappa shape index (κ1) is 31.2. The summed E-state index contributed by atoms with van der Waals surface area (Å²) < 4.78 is 45.0. The molecule has 2 aliphatic rings. The molecule has 1 saturated heterocycles. The maximum atomic E-state index is 14.4. The number of carbonyl (C=O) groups excluding carboxylic acids is 1. The average molecular weight is 631 g/mol. The van der Waals surface area contributed by atoms with Crippen LogP contribution >= 0.6 is 0 Å². The van der Waals surface area contributed by atoms with Gasteiger partial charge in [0, 0.05) is 44.4 Å². The van der Waals surface area contributed by atoms with Crippen molar-refractivity contribution in [2.24, 2.45) is 13.0 Å². The summed E-state index contributed by atoms with van der Waals surface area (Å²) in [7, 11) is 1.80. The van der Waals surface area contributed by atoms with Gasteiger partial charge in [-0.3, -0.25) is 14.6 Å². The van der Waals surface area contributed by atoms with Crippen molar-refractivity contribution in [2.45, 2.75) is 45.6 Å². The fourth-order valence-corrected chi connectivity index (χ4v) is 6.00. The molecule has 2 N–H and O–H groups in total. The van der Waals surface area contributed by atoms with Gasteiger partial charge in [-0.25, -0.2) is 4.98 Å². The summed E-state index contributed by atoms with van der Waals surface area (Å²) >= 11 is 0. The van der Waals surface area contributed by atoms with Crippen LogP contribution in [0.25, 0.3) is 22.5 Å². The van der Waals surface area contributed by atoms with Gasteiger partial charge in [0.15, 0.2) is 5.82 Å². The number of β-amino-alcohol motifs (C(OH)–C–C–N with tert-alkyl or cyclic N) is 1. The zero-order valence-electron chi connectivity index (χ0n) is 25.6. The Morgan fingerprint density at radius 3 is 2.59 bits per heavy atom. The van der Waals surface area contributed by atoms with E-state index < -0.39 is 23.8 Å². The molecule has 2 aliphatic heterocycles. The first-order valence-electron chi connectivity index (χ1n) is 15.0. The lowest BCUT2D eigenvalue weighted by atomic mass is 9.97. The quantitative estimate of drug-likeness (QED) is 0.272. The lowest BCUT2D eigenvalue weighted by Gasteiger charge is -2.20. The number of pyridine rings is 1. The normalized spacial score (nSPS) is 16.7. The van der Waals surface area contributed by atoms with Gasteiger partial charge in [0.1, 0.15) is 18.0 Å². The van der Waals surface area contributed by atoms with Gasteiger partial charge in [-0.15, -0.1) is 10.2 Å². The Kier molecular flexibility index (Phi) is 8.26. The van der Waals surface area contributed by atoms with Crippen LogP contribution in [0.3, 0.4) is 0 Å². The molecular weight excluding hydrogens is 597 g/mol. The molecular formula is C33H33F3N8O2. The second-order valence-electron chi connectivity index (χ2n) is 12.2. The molecule has 46 heavy (non-hydrogen) atoms. The van der Waals surface area contributed by atoms with Crippen LogP contribution < -0.4 is 10.2 Å². The molecule has 1 atom stereocenters. The minimum absolute atomic E-state index is 0.0142. The van der Waals surface area contributed by atoms with Gasteiger partial charge in [0.25, 0.3) is 5.91 Å². The maximum Gasteiger partial charge on any atom is 0.416 e. The standard InChI is InChI=1S/C33H33F3N8O2/c1-19(2)14-38-29-11-22(25-8-20(13-37)4-5-24(25)31-41-39-18-42(31)3)12-30(40-29)44-17-27-26(32(44)46)9-21(10-28(27)33(34,35)36)15-43-7-6-23(45)16-43/h4-5,8-12,18-19,23,45H,6-7,14-17H2,1-3H3,(H,38,40)/t23-/m0/s1. The minimum Gasteiger partial charge on any atom is -0.392 e. The summed E-state index contributed by atoms with van der Waals surface area (Å²) in [6, 6.07) is 13.4. The number of aromatic nitrogens is 4. The molecule has 1 fully saturated rings. The second kappa shape index (κ2) is 12.2. The van der Waals surface area contributed by atoms with Crippen LogP contribution in [0.15, 0.2) is 48.8 Å². The van der Waals surface area contributed by atoms with Crippen molar-refractivity contribution in [2.75, 3.05) is 29.9 Å². The number of nitriles is 1. The number of hydrogen-bond donors (Lipinski definition) is 2. The number of benzene rings is 2. The Labute approximate surface area is 264 Å². The number of halogens is 3. The number of likely N-dealkylation sites (tertiary alicyclic amines) is 1. The molecule has 1 amide bonds. The van der Waals surface area contributed by atoms with Gasteiger partial charge in [-0.2, -0.15) is 18.4 Å². The zero-order valence-corrected chi connectivity index (χ0v) is 25.6. The predicted molar refractivity (Wildman–Crippen MR) is 166 cm³/mol. The van der Waals surface area contributed by atoms with Crippen LogP contribution in [0.2, 0.25) is 0 Å². The van der Waals surface area contributed by atoms with Crippen molar-refractivity contribution in [3.63, 3.8) is 0 Å². The van der Waals surface area contributed by atoms with Crippen molar-refractivity contribution < 1.29 is 23.1 Å². The highest BCUT2D eigenvalue weighted by atomic mass is 19.4. The molecule has 2 aromatic carbocycles. The number of rotatable bonds is 8. The van der Waals surface area contributed by atoms with E-state index in [1.165, 1.54) is 11.0 Å². The molecule has 2 aromatic heterocycles. The molecule has 13 heteroatoms. The summed E-state index contributed by atoms with van der Waals surface area (Å²) in [5.74, 6) is 0.830. The molecule has 0 bridgehead atoms. The highest BCUT2D eigenvalue weighted by Crippen LogP contribution is 2.41. The van der Waals surface area contributed by atoms with Gasteiger partial charge in [-0.1, -0.05) is 13.8 Å². The van der Waals surface area contributed by atoms with Gasteiger partial charge in [0.2, 0.25) is 0 Å². The third-order valence-corrected chi connectivity index (χ3v) is 8.25. The third kappa shape index (κ3) is 6.18. The Morgan fingerprint density at radius 1 is 1.13 bits per heavy atom. The van der Waals surface area contributed by atoms with E-state index in [1.54, 1.807) is 48.3 Å². The Morgan fingerprint density at radius 2 is 1.93 bits per heavy atom. The van der Waals surface area contributed by atoms with E-state index in [4.69, 9.17) is 0 Å². The van der Waals surface area contributed by atoms with Crippen molar-refractivity contribution >= 4 is 17.5 Å². The van der Waals surface area contributed by atoms with Crippen molar-refractivity contribution in [1.29, 1.82) is 5.26 Å². The van der Waals surface area contributed by atoms with E-state index in [0.717, 1.165) is 6.07 Å². The number of nitrogens with zero attached hydrogens (tertiary/aromatic N) is 7. The maximum absolute atomic E-state index is 14.4. The molecule has 4 heterocycles. The minimum atomic E-state index is -4.68. The Bertz CT molecular complexity index is 1850. The highest BCUT2D eigenvalue weighted by Gasteiger charge is 2.41. The van der Waals surface area contributed by atoms with E-state index >= 15 is 0 Å². The number of anilines is 2. The number of hydrogen-bond acceptors (Lipinski definition) is 8. The number of aliphatic hydroxyl groups is 1. The van der Waals surface area contributed by atoms with Crippen LogP contribution in [0, 0.1) is 17.2 Å². The van der Waals surface area contributed by atoms with Crippen LogP contribution in [0.1, 0.15) is 52.9 Å². The van der Waals surface area contributed by atoms with Crippen molar-refractivity contribution in [1.82, 2.24) is 24.6 Å². The molecule has 0 aliphatic carbocycles. The molecule has 0 radical (unpaired) electrons. The number of alkyl halides is 3. The second-order valence-corrected chi connectivity index (χ2v) is 12.2. The summed E-state index contributed by atoms with van der Waals surface area (Å²) in [5, 5.41) is 31.1. The number of amides is 1. The highest BCUT2D eigenvalue weighted by molar-refractivity contribution is 6.10. The monoisotopic (exact) mass is 630 g/mol. The van der Waals surface area contributed by atoms with Crippen LogP contribution in [0.4, 0.5) is 24.8 Å². The molecule has 238 valence electrons. The number of nitrogens with one attached hydrogen (secondary N) is 1. The molecule has 0 unspecified atom stereocenters. The largest absolute Gasteiger partial charge is 0.416 e. The van der Waals surface area contributed by atoms with E-state index in [9.17, 15) is 28.3 Å². The lowest BCUT2D eigenvalue weighted by Crippen LogP contribution is -2.25. The third-order valence-electron chi connectivity index (χ3n) is 8.25. The Balaban J connectivity index is 1.45. The summed E-state index contributed by atoms with van der Waals surface area (Å²) in [6.45, 7) is 5.43. The van der Waals surface area contributed by atoms with E-state index in [1.807, 2.05) is 18.7 Å². The first-order valence-corrected chi connectivity index (χ1v) is 15.0. The van der Waals surface area contributed by atoms with Gasteiger partial charge >= 0.3 is 6.18 Å². The predicted octanol–water partition coefficient (Wildman–Crippen LogP) is 5.23. The fourth-order valence-electron chi connectivity index (χ4n) is 6.00. The SMILES string of the molecule is CC(C)CNc1cc(-c2cc(C#N)ccc2-c2nncn2C)cc(N2Cc3c(cc(CN4CC[C@H](O)C4)cc3C(F)(F)F)C2=O)n1. The Hall–Kier alpha value is -4.80. The molecule has 0 spiro atoms. The number of fused-ring (bicyclic) bond motifs is 1. The number of carbonyl (C=O) groups is 1. The molecule has 10 nitrogen and oxygen atoms in total. The van der Waals surface area contributed by atoms with Crippen LogP contribution in [-0.4, -0.2) is 61.4 Å². The summed E-state index contributed by atoms with van der Waals surface area (Å²) in [6.07, 6.45) is -3.09. The topological polar surface area (TPSA) is 123 Å². The van der Waals surface area contributed by atoms with E-state index in [-0.39, 0.29) is 36.0 Å². The smallest absolute Gasteiger partial charge is 0.392 e. The van der Waals surface area contributed by atoms with E-state index in [2.05, 4.69) is 26.6 Å². The average Bonchev–Trinajstić information content (AvgIpc) is 3.73. The lowest BCUT2D eigenvalue weighted by molar-refractivity contribution is -0.138.